The summed E-state index contributed by atoms with van der Waals surface area (Å²) in [5.74, 6) is 0.337. The molecule has 0 saturated heterocycles. The van der Waals surface area contributed by atoms with Crippen LogP contribution in [-0.4, -0.2) is 18.4 Å². The Balaban J connectivity index is 1.59. The molecule has 0 atom stereocenters. The Kier molecular flexibility index (Phi) is 7.00. The van der Waals surface area contributed by atoms with E-state index in [9.17, 15) is 9.59 Å². The normalized spacial score (nSPS) is 10.2. The summed E-state index contributed by atoms with van der Waals surface area (Å²) in [6.07, 6.45) is 1.20. The Labute approximate surface area is 170 Å². The van der Waals surface area contributed by atoms with E-state index in [1.165, 1.54) is 5.56 Å². The summed E-state index contributed by atoms with van der Waals surface area (Å²) in [4.78, 5) is 24.1. The second-order valence-corrected chi connectivity index (χ2v) is 6.55. The maximum absolute atomic E-state index is 12.6. The molecule has 29 heavy (non-hydrogen) atoms. The van der Waals surface area contributed by atoms with Gasteiger partial charge in [-0.15, -0.1) is 0 Å². The molecule has 5 nitrogen and oxygen atoms in total. The standard InChI is InChI=1S/C24H24N2O3/c1-2-23(27)25-20-11-7-12-21(17-20)26-24(28)19-10-6-13-22(16-19)29-15-14-18-8-4-3-5-9-18/h3-13,16-17H,2,14-15H2,1H3,(H,25,27)(H,26,28). The van der Waals surface area contributed by atoms with Crippen LogP contribution in [-0.2, 0) is 11.2 Å². The third kappa shape index (κ3) is 6.21. The smallest absolute Gasteiger partial charge is 0.255 e. The van der Waals surface area contributed by atoms with Crippen LogP contribution in [0, 0.1) is 0 Å². The first-order chi connectivity index (χ1) is 14.1. The molecule has 3 rings (SSSR count). The molecule has 0 spiro atoms. The number of benzene rings is 3. The summed E-state index contributed by atoms with van der Waals surface area (Å²) in [6, 6.07) is 24.3. The van der Waals surface area contributed by atoms with Gasteiger partial charge >= 0.3 is 0 Å². The van der Waals surface area contributed by atoms with Gasteiger partial charge in [-0.2, -0.15) is 0 Å². The van der Waals surface area contributed by atoms with Gasteiger partial charge in [-0.3, -0.25) is 9.59 Å². The highest BCUT2D eigenvalue weighted by Gasteiger charge is 2.08. The van der Waals surface area contributed by atoms with Gasteiger partial charge in [-0.05, 0) is 42.0 Å². The Morgan fingerprint density at radius 1 is 0.828 bits per heavy atom. The van der Waals surface area contributed by atoms with E-state index in [4.69, 9.17) is 4.74 Å². The van der Waals surface area contributed by atoms with Crippen molar-refractivity contribution in [3.05, 3.63) is 90.0 Å². The van der Waals surface area contributed by atoms with Crippen LogP contribution < -0.4 is 15.4 Å². The summed E-state index contributed by atoms with van der Waals surface area (Å²) in [7, 11) is 0. The highest BCUT2D eigenvalue weighted by atomic mass is 16.5. The number of carbonyl (C=O) groups is 2. The summed E-state index contributed by atoms with van der Waals surface area (Å²) in [5, 5.41) is 5.63. The van der Waals surface area contributed by atoms with Gasteiger partial charge in [0.1, 0.15) is 5.75 Å². The largest absolute Gasteiger partial charge is 0.493 e. The van der Waals surface area contributed by atoms with E-state index in [0.717, 1.165) is 6.42 Å². The van der Waals surface area contributed by atoms with Crippen molar-refractivity contribution in [3.63, 3.8) is 0 Å². The van der Waals surface area contributed by atoms with Crippen LogP contribution in [0.5, 0.6) is 5.75 Å². The molecule has 3 aromatic carbocycles. The van der Waals surface area contributed by atoms with Crippen molar-refractivity contribution >= 4 is 23.2 Å². The monoisotopic (exact) mass is 388 g/mol. The molecule has 0 aliphatic heterocycles. The van der Waals surface area contributed by atoms with Gasteiger partial charge in [-0.1, -0.05) is 49.4 Å². The van der Waals surface area contributed by atoms with E-state index in [1.807, 2.05) is 24.3 Å². The molecular weight excluding hydrogens is 364 g/mol. The molecule has 3 aromatic rings. The second kappa shape index (κ2) is 10.1. The highest BCUT2D eigenvalue weighted by molar-refractivity contribution is 6.05. The van der Waals surface area contributed by atoms with E-state index in [1.54, 1.807) is 49.4 Å². The van der Waals surface area contributed by atoms with Crippen LogP contribution >= 0.6 is 0 Å². The predicted molar refractivity (Wildman–Crippen MR) is 115 cm³/mol. The number of rotatable bonds is 8. The Morgan fingerprint density at radius 3 is 2.31 bits per heavy atom. The van der Waals surface area contributed by atoms with E-state index in [0.29, 0.717) is 35.7 Å². The van der Waals surface area contributed by atoms with Crippen LogP contribution in [0.1, 0.15) is 29.3 Å². The summed E-state index contributed by atoms with van der Waals surface area (Å²) in [5.41, 5.74) is 2.97. The number of hydrogen-bond acceptors (Lipinski definition) is 3. The number of amides is 2. The molecule has 0 aliphatic rings. The van der Waals surface area contributed by atoms with Gasteiger partial charge in [0.05, 0.1) is 6.61 Å². The van der Waals surface area contributed by atoms with E-state index >= 15 is 0 Å². The fourth-order valence-corrected chi connectivity index (χ4v) is 2.79. The van der Waals surface area contributed by atoms with Gasteiger partial charge < -0.3 is 15.4 Å². The summed E-state index contributed by atoms with van der Waals surface area (Å²) < 4.78 is 5.80. The van der Waals surface area contributed by atoms with Crippen LogP contribution in [0.3, 0.4) is 0 Å². The molecule has 0 bridgehead atoms. The average Bonchev–Trinajstić information content (AvgIpc) is 2.75. The van der Waals surface area contributed by atoms with Crippen molar-refractivity contribution in [3.8, 4) is 5.75 Å². The van der Waals surface area contributed by atoms with Crippen molar-refractivity contribution < 1.29 is 14.3 Å². The SMILES string of the molecule is CCC(=O)Nc1cccc(NC(=O)c2cccc(OCCc3ccccc3)c2)c1. The predicted octanol–water partition coefficient (Wildman–Crippen LogP) is 4.91. The van der Waals surface area contributed by atoms with Crippen LogP contribution in [0.4, 0.5) is 11.4 Å². The maximum Gasteiger partial charge on any atom is 0.255 e. The minimum atomic E-state index is -0.238. The van der Waals surface area contributed by atoms with Gasteiger partial charge in [0.2, 0.25) is 5.91 Å². The van der Waals surface area contributed by atoms with Crippen LogP contribution in [0.15, 0.2) is 78.9 Å². The van der Waals surface area contributed by atoms with E-state index < -0.39 is 0 Å². The zero-order valence-corrected chi connectivity index (χ0v) is 16.4. The summed E-state index contributed by atoms with van der Waals surface area (Å²) >= 11 is 0. The van der Waals surface area contributed by atoms with Gasteiger partial charge in [-0.25, -0.2) is 0 Å². The lowest BCUT2D eigenvalue weighted by Gasteiger charge is -2.10. The lowest BCUT2D eigenvalue weighted by Crippen LogP contribution is -2.13. The lowest BCUT2D eigenvalue weighted by molar-refractivity contribution is -0.115. The molecule has 2 amide bonds. The molecule has 0 aliphatic carbocycles. The number of anilines is 2. The van der Waals surface area contributed by atoms with Gasteiger partial charge in [0, 0.05) is 29.8 Å². The number of carbonyl (C=O) groups excluding carboxylic acids is 2. The Bertz CT molecular complexity index is 971. The second-order valence-electron chi connectivity index (χ2n) is 6.55. The highest BCUT2D eigenvalue weighted by Crippen LogP contribution is 2.18. The molecule has 148 valence electrons. The molecule has 0 radical (unpaired) electrons. The minimum Gasteiger partial charge on any atom is -0.493 e. The zero-order valence-electron chi connectivity index (χ0n) is 16.4. The number of nitrogens with one attached hydrogen (secondary N) is 2. The summed E-state index contributed by atoms with van der Waals surface area (Å²) in [6.45, 7) is 2.32. The third-order valence-corrected chi connectivity index (χ3v) is 4.32. The molecule has 0 aromatic heterocycles. The van der Waals surface area contributed by atoms with Crippen LogP contribution in [0.25, 0.3) is 0 Å². The molecule has 5 heteroatoms. The zero-order chi connectivity index (χ0) is 20.5. The Morgan fingerprint density at radius 2 is 1.55 bits per heavy atom. The van der Waals surface area contributed by atoms with Crippen molar-refractivity contribution in [2.75, 3.05) is 17.2 Å². The first-order valence-electron chi connectivity index (χ1n) is 9.62. The van der Waals surface area contributed by atoms with Crippen LogP contribution in [0.2, 0.25) is 0 Å². The first-order valence-corrected chi connectivity index (χ1v) is 9.62. The minimum absolute atomic E-state index is 0.0752. The van der Waals surface area contributed by atoms with Crippen molar-refractivity contribution in [1.82, 2.24) is 0 Å². The first kappa shape index (κ1) is 20.1. The molecule has 0 fully saturated rings. The van der Waals surface area contributed by atoms with Gasteiger partial charge in [0.25, 0.3) is 5.91 Å². The van der Waals surface area contributed by atoms with Crippen molar-refractivity contribution in [2.45, 2.75) is 19.8 Å². The fraction of sp³-hybridized carbons (Fsp3) is 0.167. The third-order valence-electron chi connectivity index (χ3n) is 4.32. The molecular formula is C24H24N2O3. The Hall–Kier alpha value is -3.60. The fourth-order valence-electron chi connectivity index (χ4n) is 2.79. The average molecular weight is 388 g/mol. The maximum atomic E-state index is 12.6. The topological polar surface area (TPSA) is 67.4 Å². The van der Waals surface area contributed by atoms with Crippen molar-refractivity contribution in [1.29, 1.82) is 0 Å². The molecule has 2 N–H and O–H groups in total. The quantitative estimate of drug-likeness (QED) is 0.576. The number of hydrogen-bond donors (Lipinski definition) is 2. The van der Waals surface area contributed by atoms with Gasteiger partial charge in [0.15, 0.2) is 0 Å². The number of ether oxygens (including phenoxy) is 1. The molecule has 0 heterocycles. The lowest BCUT2D eigenvalue weighted by atomic mass is 10.1. The van der Waals surface area contributed by atoms with Crippen molar-refractivity contribution in [2.24, 2.45) is 0 Å². The molecule has 0 unspecified atom stereocenters. The molecule has 0 saturated carbocycles. The van der Waals surface area contributed by atoms with E-state index in [2.05, 4.69) is 22.8 Å². The van der Waals surface area contributed by atoms with E-state index in [-0.39, 0.29) is 11.8 Å².